The van der Waals surface area contributed by atoms with Gasteiger partial charge in [-0.1, -0.05) is 80.4 Å². The molecule has 0 unspecified atom stereocenters. The highest BCUT2D eigenvalue weighted by molar-refractivity contribution is 8.18. The minimum absolute atomic E-state index is 0.0780. The standard InChI is InChI=1S/C30H32N2O3S/c1-4-5-12-20-35-28-24(16-13-19-26(28)34-3)21-27-29(33)32(22(2)23-14-8-6-9-15-23)30(36-27)31-25-17-10-7-11-18-25/h6-11,13-19,21-22H,4-5,12,20H2,1-3H3/b27-21+,31-30?/t22-/m1/s1. The molecule has 6 heteroatoms. The first-order valence-electron chi connectivity index (χ1n) is 12.3. The van der Waals surface area contributed by atoms with Crippen molar-refractivity contribution in [2.24, 2.45) is 4.99 Å². The molecule has 3 aromatic carbocycles. The Balaban J connectivity index is 1.71. The average molecular weight is 501 g/mol. The maximum absolute atomic E-state index is 13.8. The molecule has 1 aliphatic heterocycles. The molecule has 3 aromatic rings. The second-order valence-electron chi connectivity index (χ2n) is 8.54. The fraction of sp³-hybridized carbons (Fsp3) is 0.267. The first-order valence-corrected chi connectivity index (χ1v) is 13.2. The first kappa shape index (κ1) is 25.6. The molecule has 0 aromatic heterocycles. The van der Waals surface area contributed by atoms with Crippen LogP contribution in [0.25, 0.3) is 6.08 Å². The summed E-state index contributed by atoms with van der Waals surface area (Å²) in [6.45, 7) is 4.80. The number of ether oxygens (including phenoxy) is 2. The zero-order chi connectivity index (χ0) is 25.3. The third-order valence-electron chi connectivity index (χ3n) is 6.00. The number of benzene rings is 3. The summed E-state index contributed by atoms with van der Waals surface area (Å²) in [5.41, 5.74) is 2.67. The first-order chi connectivity index (χ1) is 17.6. The Labute approximate surface area is 217 Å². The van der Waals surface area contributed by atoms with E-state index in [1.54, 1.807) is 12.0 Å². The normalized spacial score (nSPS) is 16.5. The summed E-state index contributed by atoms with van der Waals surface area (Å²) in [6, 6.07) is 25.3. The van der Waals surface area contributed by atoms with Gasteiger partial charge >= 0.3 is 0 Å². The van der Waals surface area contributed by atoms with Crippen LogP contribution in [0.3, 0.4) is 0 Å². The number of hydrogen-bond acceptors (Lipinski definition) is 5. The van der Waals surface area contributed by atoms with Gasteiger partial charge in [-0.2, -0.15) is 0 Å². The van der Waals surface area contributed by atoms with Gasteiger partial charge in [0, 0.05) is 5.56 Å². The average Bonchev–Trinajstić information content (AvgIpc) is 3.21. The summed E-state index contributed by atoms with van der Waals surface area (Å²) in [5.74, 6) is 1.24. The molecule has 0 aliphatic carbocycles. The van der Waals surface area contributed by atoms with Gasteiger partial charge in [0.1, 0.15) is 0 Å². The lowest BCUT2D eigenvalue weighted by Gasteiger charge is -2.24. The van der Waals surface area contributed by atoms with E-state index in [0.717, 1.165) is 36.1 Å². The smallest absolute Gasteiger partial charge is 0.267 e. The number of thioether (sulfide) groups is 1. The quantitative estimate of drug-likeness (QED) is 0.212. The Morgan fingerprint density at radius 1 is 0.972 bits per heavy atom. The van der Waals surface area contributed by atoms with E-state index in [1.807, 2.05) is 91.9 Å². The fourth-order valence-corrected chi connectivity index (χ4v) is 5.09. The molecule has 0 bridgehead atoms. The van der Waals surface area contributed by atoms with Gasteiger partial charge in [0.2, 0.25) is 0 Å². The summed E-state index contributed by atoms with van der Waals surface area (Å²) >= 11 is 1.38. The number of aliphatic imine (C=N–C) groups is 1. The van der Waals surface area contributed by atoms with E-state index >= 15 is 0 Å². The van der Waals surface area contributed by atoms with Gasteiger partial charge in [0.05, 0.1) is 30.4 Å². The molecule has 0 saturated carbocycles. The highest BCUT2D eigenvalue weighted by Crippen LogP contribution is 2.41. The van der Waals surface area contributed by atoms with Crippen molar-refractivity contribution >= 4 is 34.6 Å². The predicted molar refractivity (Wildman–Crippen MR) is 149 cm³/mol. The lowest BCUT2D eigenvalue weighted by Crippen LogP contribution is -2.32. The maximum atomic E-state index is 13.8. The van der Waals surface area contributed by atoms with Gasteiger partial charge in [-0.15, -0.1) is 0 Å². The molecule has 1 aliphatic rings. The zero-order valence-electron chi connectivity index (χ0n) is 21.0. The molecular weight excluding hydrogens is 468 g/mol. The van der Waals surface area contributed by atoms with Crippen LogP contribution in [0.15, 0.2) is 88.8 Å². The minimum Gasteiger partial charge on any atom is -0.493 e. The molecule has 1 amide bonds. The number of carbonyl (C=O) groups is 1. The number of methoxy groups -OCH3 is 1. The van der Waals surface area contributed by atoms with Crippen LogP contribution in [0.4, 0.5) is 5.69 Å². The van der Waals surface area contributed by atoms with Crippen molar-refractivity contribution in [1.29, 1.82) is 0 Å². The van der Waals surface area contributed by atoms with E-state index in [2.05, 4.69) is 6.92 Å². The largest absolute Gasteiger partial charge is 0.493 e. The highest BCUT2D eigenvalue weighted by atomic mass is 32.2. The molecule has 4 rings (SSSR count). The van der Waals surface area contributed by atoms with Crippen LogP contribution < -0.4 is 9.47 Å². The van der Waals surface area contributed by atoms with Gasteiger partial charge in [0.25, 0.3) is 5.91 Å². The minimum atomic E-state index is -0.172. The molecule has 0 spiro atoms. The number of rotatable bonds is 10. The van der Waals surface area contributed by atoms with E-state index in [4.69, 9.17) is 14.5 Å². The summed E-state index contributed by atoms with van der Waals surface area (Å²) in [5, 5.41) is 0.655. The van der Waals surface area contributed by atoms with Gasteiger partial charge in [-0.25, -0.2) is 4.99 Å². The van der Waals surface area contributed by atoms with E-state index in [-0.39, 0.29) is 11.9 Å². The van der Waals surface area contributed by atoms with Crippen molar-refractivity contribution in [3.63, 3.8) is 0 Å². The van der Waals surface area contributed by atoms with Crippen molar-refractivity contribution in [3.05, 3.63) is 94.9 Å². The number of nitrogens with zero attached hydrogens (tertiary/aromatic N) is 2. The Bertz CT molecular complexity index is 1230. The molecule has 0 radical (unpaired) electrons. The summed E-state index contributed by atoms with van der Waals surface area (Å²) < 4.78 is 11.7. The maximum Gasteiger partial charge on any atom is 0.267 e. The SMILES string of the molecule is CCCCCOc1c(/C=C2/SC(=Nc3ccccc3)N([C@H](C)c3ccccc3)C2=O)cccc1OC. The van der Waals surface area contributed by atoms with Crippen molar-refractivity contribution in [2.45, 2.75) is 39.2 Å². The van der Waals surface area contributed by atoms with E-state index in [1.165, 1.54) is 11.8 Å². The van der Waals surface area contributed by atoms with E-state index in [0.29, 0.717) is 28.2 Å². The van der Waals surface area contributed by atoms with Crippen LogP contribution >= 0.6 is 11.8 Å². The number of amidine groups is 1. The van der Waals surface area contributed by atoms with E-state index in [9.17, 15) is 4.79 Å². The van der Waals surface area contributed by atoms with Crippen LogP contribution in [0, 0.1) is 0 Å². The summed E-state index contributed by atoms with van der Waals surface area (Å²) in [4.78, 5) is 21.0. The second kappa shape index (κ2) is 12.5. The van der Waals surface area contributed by atoms with Crippen molar-refractivity contribution in [3.8, 4) is 11.5 Å². The highest BCUT2D eigenvalue weighted by Gasteiger charge is 2.37. The Kier molecular flexibility index (Phi) is 8.85. The Morgan fingerprint density at radius 3 is 2.39 bits per heavy atom. The van der Waals surface area contributed by atoms with Crippen LogP contribution in [-0.2, 0) is 4.79 Å². The van der Waals surface area contributed by atoms with E-state index < -0.39 is 0 Å². The number of unbranched alkanes of at least 4 members (excludes halogenated alkanes) is 2. The Morgan fingerprint density at radius 2 is 1.69 bits per heavy atom. The van der Waals surface area contributed by atoms with Crippen molar-refractivity contribution < 1.29 is 14.3 Å². The zero-order valence-corrected chi connectivity index (χ0v) is 21.8. The molecule has 186 valence electrons. The van der Waals surface area contributed by atoms with Gasteiger partial charge in [-0.05, 0) is 54.9 Å². The number of para-hydroxylation sites is 2. The van der Waals surface area contributed by atoms with Crippen LogP contribution in [-0.4, -0.2) is 29.7 Å². The lowest BCUT2D eigenvalue weighted by molar-refractivity contribution is -0.123. The fourth-order valence-electron chi connectivity index (χ4n) is 4.03. The topological polar surface area (TPSA) is 51.1 Å². The molecule has 1 saturated heterocycles. The van der Waals surface area contributed by atoms with Crippen LogP contribution in [0.2, 0.25) is 0 Å². The molecule has 1 atom stereocenters. The number of hydrogen-bond donors (Lipinski definition) is 0. The number of amides is 1. The third-order valence-corrected chi connectivity index (χ3v) is 6.98. The molecule has 0 N–H and O–H groups in total. The summed E-state index contributed by atoms with van der Waals surface area (Å²) in [7, 11) is 1.63. The van der Waals surface area contributed by atoms with Crippen molar-refractivity contribution in [2.75, 3.05) is 13.7 Å². The monoisotopic (exact) mass is 500 g/mol. The Hall–Kier alpha value is -3.51. The molecular formula is C30H32N2O3S. The molecule has 5 nitrogen and oxygen atoms in total. The van der Waals surface area contributed by atoms with Crippen LogP contribution in [0.1, 0.15) is 50.3 Å². The van der Waals surface area contributed by atoms with Gasteiger partial charge in [0.15, 0.2) is 16.7 Å². The number of carbonyl (C=O) groups excluding carboxylic acids is 1. The van der Waals surface area contributed by atoms with Crippen molar-refractivity contribution in [1.82, 2.24) is 4.90 Å². The molecule has 36 heavy (non-hydrogen) atoms. The third kappa shape index (κ3) is 6.00. The summed E-state index contributed by atoms with van der Waals surface area (Å²) in [6.07, 6.45) is 5.08. The molecule has 1 heterocycles. The van der Waals surface area contributed by atoms with Gasteiger partial charge in [-0.3, -0.25) is 9.69 Å². The lowest BCUT2D eigenvalue weighted by atomic mass is 10.1. The van der Waals surface area contributed by atoms with Crippen LogP contribution in [0.5, 0.6) is 11.5 Å². The molecule has 1 fully saturated rings. The van der Waals surface area contributed by atoms with Gasteiger partial charge < -0.3 is 9.47 Å². The predicted octanol–water partition coefficient (Wildman–Crippen LogP) is 7.63. The second-order valence-corrected chi connectivity index (χ2v) is 9.55.